The molecule has 310 valence electrons. The van der Waals surface area contributed by atoms with Crippen molar-refractivity contribution in [1.82, 2.24) is 5.32 Å². The lowest BCUT2D eigenvalue weighted by Crippen LogP contribution is -3.01. The van der Waals surface area contributed by atoms with Crippen molar-refractivity contribution in [3.05, 3.63) is 87.6 Å². The maximum Gasteiger partial charge on any atom is 0.226 e. The Hall–Kier alpha value is -4.45. The first-order chi connectivity index (χ1) is 27.7. The van der Waals surface area contributed by atoms with Crippen molar-refractivity contribution in [3.8, 4) is 11.5 Å². The second-order valence-corrected chi connectivity index (χ2v) is 16.9. The molecule has 1 saturated heterocycles. The molecule has 15 heteroatoms. The number of aliphatic hydroxyl groups is 5. The summed E-state index contributed by atoms with van der Waals surface area (Å²) in [6, 6.07) is 9.06. The molecular weight excluding hydrogens is 750 g/mol. The number of allylic oxidation sites excluding steroid dienone is 1. The number of amides is 1. The van der Waals surface area contributed by atoms with Gasteiger partial charge in [0.15, 0.2) is 11.2 Å². The van der Waals surface area contributed by atoms with Crippen LogP contribution in [0.15, 0.2) is 74.7 Å². The Morgan fingerprint density at radius 2 is 1.88 bits per heavy atom. The van der Waals surface area contributed by atoms with E-state index in [0.29, 0.717) is 65.2 Å². The number of rotatable bonds is 14. The summed E-state index contributed by atoms with van der Waals surface area (Å²) in [7, 11) is 0. The smallest absolute Gasteiger partial charge is 0.226 e. The Kier molecular flexibility index (Phi) is 10.9. The van der Waals surface area contributed by atoms with Gasteiger partial charge in [-0.05, 0) is 75.3 Å². The summed E-state index contributed by atoms with van der Waals surface area (Å²) in [6.45, 7) is 3.13. The number of phenolic OH excluding ortho intramolecular Hbond substituents is 1. The summed E-state index contributed by atoms with van der Waals surface area (Å²) in [6.07, 6.45) is 3.74. The lowest BCUT2D eigenvalue weighted by atomic mass is 9.72. The summed E-state index contributed by atoms with van der Waals surface area (Å²) in [4.78, 5) is 44.2. The number of aliphatic imine (C=N–C) groups is 1. The first-order valence-corrected chi connectivity index (χ1v) is 20.1. The number of carbonyl (C=O) groups excluding carboxylic acids is 1. The average molecular weight is 803 g/mol. The average Bonchev–Trinajstić information content (AvgIpc) is 4.01. The lowest BCUT2D eigenvalue weighted by Gasteiger charge is -2.43. The van der Waals surface area contributed by atoms with Gasteiger partial charge in [-0.1, -0.05) is 25.0 Å². The normalized spacial score (nSPS) is 27.1. The van der Waals surface area contributed by atoms with Gasteiger partial charge >= 0.3 is 0 Å². The van der Waals surface area contributed by atoms with Crippen LogP contribution < -0.4 is 20.4 Å². The molecule has 4 aliphatic heterocycles. The highest BCUT2D eigenvalue weighted by Gasteiger charge is 2.54. The number of hydrogen-bond acceptors (Lipinski definition) is 13. The maximum atomic E-state index is 13.5. The molecule has 1 aromatic heterocycles. The molecule has 8 rings (SSSR count). The zero-order chi connectivity index (χ0) is 41.0. The van der Waals surface area contributed by atoms with Gasteiger partial charge in [-0.25, -0.2) is 9.78 Å². The molecule has 15 nitrogen and oxygen atoms in total. The molecule has 3 aromatic rings. The Balaban J connectivity index is 1.14. The number of benzene rings is 2. The van der Waals surface area contributed by atoms with E-state index in [2.05, 4.69) is 10.3 Å². The fourth-order valence-corrected chi connectivity index (χ4v) is 9.62. The number of quaternary nitrogens is 1. The highest BCUT2D eigenvalue weighted by Crippen LogP contribution is 2.51. The molecule has 1 spiro atoms. The molecule has 8 N–H and O–H groups in total. The first-order valence-electron chi connectivity index (χ1n) is 20.1. The molecule has 1 saturated carbocycles. The van der Waals surface area contributed by atoms with Crippen molar-refractivity contribution < 1.29 is 59.3 Å². The maximum absolute atomic E-state index is 13.5. The number of ether oxygens (including phenoxy) is 1. The number of fused-ring (bicyclic) bond motifs is 3. The molecule has 1 aliphatic carbocycles. The lowest BCUT2D eigenvalue weighted by molar-refractivity contribution is -0.759. The summed E-state index contributed by atoms with van der Waals surface area (Å²) < 4.78 is 13.4. The molecule has 2 aromatic carbocycles. The number of aromatic hydroxyl groups is 1. The topological polar surface area (TPSA) is 225 Å². The number of nitrogens with zero attached hydrogens (tertiary/aromatic N) is 1. The van der Waals surface area contributed by atoms with Crippen LogP contribution in [0.2, 0.25) is 0 Å². The van der Waals surface area contributed by atoms with Crippen LogP contribution in [-0.4, -0.2) is 104 Å². The van der Waals surface area contributed by atoms with Crippen LogP contribution in [-0.2, 0) is 27.4 Å². The third kappa shape index (κ3) is 7.28. The third-order valence-electron chi connectivity index (χ3n) is 13.0. The van der Waals surface area contributed by atoms with E-state index in [-0.39, 0.29) is 35.8 Å². The van der Waals surface area contributed by atoms with Crippen molar-refractivity contribution >= 4 is 28.3 Å². The highest BCUT2D eigenvalue weighted by molar-refractivity contribution is 6.07. The molecule has 5 heterocycles. The van der Waals surface area contributed by atoms with Crippen molar-refractivity contribution in [2.24, 2.45) is 16.3 Å². The molecule has 0 bridgehead atoms. The van der Waals surface area contributed by atoms with E-state index in [4.69, 9.17) is 18.9 Å². The monoisotopic (exact) mass is 802 g/mol. The molecule has 5 aliphatic rings. The molecule has 8 unspecified atom stereocenters. The molecule has 0 radical (unpaired) electrons. The molecular formula is C43H52N3O12+. The van der Waals surface area contributed by atoms with E-state index in [9.17, 15) is 40.2 Å². The van der Waals surface area contributed by atoms with Crippen molar-refractivity contribution in [1.29, 1.82) is 0 Å². The SMILES string of the molecule is Cc1cc(=O)c2cc3c(c([NH+]4C=C5C=CN=C5C4)c2o1)OC(C)(CCC1CNC(=O)C12CCCC2)C(OOCC(O)(Cc1ccc(O)cc1)C(O)C(O)C(O)CO)C3. The predicted octanol–water partition coefficient (Wildman–Crippen LogP) is 1.34. The number of hydrogen-bond donors (Lipinski definition) is 8. The second kappa shape index (κ2) is 15.6. The summed E-state index contributed by atoms with van der Waals surface area (Å²) >= 11 is 0. The van der Waals surface area contributed by atoms with E-state index in [1.807, 2.05) is 19.2 Å². The Bertz CT molecular complexity index is 2210. The van der Waals surface area contributed by atoms with Gasteiger partial charge < -0.3 is 45.1 Å². The Morgan fingerprint density at radius 3 is 2.60 bits per heavy atom. The fraction of sp³-hybridized carbons (Fsp3) is 0.512. The summed E-state index contributed by atoms with van der Waals surface area (Å²) in [5, 5.41) is 66.8. The largest absolute Gasteiger partial charge is 0.508 e. The van der Waals surface area contributed by atoms with E-state index >= 15 is 0 Å². The van der Waals surface area contributed by atoms with Gasteiger partial charge in [0, 0.05) is 37.2 Å². The second-order valence-electron chi connectivity index (χ2n) is 16.9. The predicted molar refractivity (Wildman–Crippen MR) is 209 cm³/mol. The van der Waals surface area contributed by atoms with Gasteiger partial charge in [-0.15, -0.1) is 0 Å². The van der Waals surface area contributed by atoms with Crippen molar-refractivity contribution in [2.45, 2.75) is 101 Å². The van der Waals surface area contributed by atoms with Crippen LogP contribution in [0.25, 0.3) is 11.0 Å². The minimum absolute atomic E-state index is 0.0168. The minimum Gasteiger partial charge on any atom is -0.508 e. The van der Waals surface area contributed by atoms with Crippen LogP contribution >= 0.6 is 0 Å². The Morgan fingerprint density at radius 1 is 1.12 bits per heavy atom. The number of aliphatic hydroxyl groups excluding tert-OH is 4. The Labute approximate surface area is 334 Å². The number of nitrogens with one attached hydrogen (secondary N) is 2. The van der Waals surface area contributed by atoms with Gasteiger partial charge in [0.25, 0.3) is 0 Å². The van der Waals surface area contributed by atoms with Crippen LogP contribution in [0.4, 0.5) is 5.69 Å². The van der Waals surface area contributed by atoms with Gasteiger partial charge in [0.1, 0.15) is 72.2 Å². The van der Waals surface area contributed by atoms with Crippen LogP contribution in [0.1, 0.15) is 62.3 Å². The zero-order valence-corrected chi connectivity index (χ0v) is 32.6. The van der Waals surface area contributed by atoms with Crippen LogP contribution in [0, 0.1) is 18.3 Å². The number of aryl methyl sites for hydroxylation is 1. The van der Waals surface area contributed by atoms with E-state index < -0.39 is 54.2 Å². The van der Waals surface area contributed by atoms with Gasteiger partial charge in [-0.3, -0.25) is 19.5 Å². The third-order valence-corrected chi connectivity index (χ3v) is 13.0. The fourth-order valence-electron chi connectivity index (χ4n) is 9.62. The van der Waals surface area contributed by atoms with Crippen LogP contribution in [0.3, 0.4) is 0 Å². The van der Waals surface area contributed by atoms with E-state index in [0.717, 1.165) is 41.9 Å². The van der Waals surface area contributed by atoms with Crippen LogP contribution in [0.5, 0.6) is 11.5 Å². The molecule has 58 heavy (non-hydrogen) atoms. The molecule has 2 fully saturated rings. The number of phenols is 1. The highest BCUT2D eigenvalue weighted by atomic mass is 17.2. The van der Waals surface area contributed by atoms with Gasteiger partial charge in [-0.2, -0.15) is 0 Å². The summed E-state index contributed by atoms with van der Waals surface area (Å²) in [5.41, 5.74) is 0.0557. The zero-order valence-electron chi connectivity index (χ0n) is 32.6. The minimum atomic E-state index is -2.26. The quantitative estimate of drug-likeness (QED) is 0.0855. The summed E-state index contributed by atoms with van der Waals surface area (Å²) in [5.74, 6) is 1.13. The van der Waals surface area contributed by atoms with Crippen molar-refractivity contribution in [3.63, 3.8) is 0 Å². The van der Waals surface area contributed by atoms with E-state index in [1.54, 1.807) is 19.2 Å². The van der Waals surface area contributed by atoms with E-state index in [1.165, 1.54) is 30.3 Å². The molecule has 8 atom stereocenters. The van der Waals surface area contributed by atoms with Crippen molar-refractivity contribution in [2.75, 3.05) is 26.3 Å². The van der Waals surface area contributed by atoms with Gasteiger partial charge in [0.05, 0.1) is 23.0 Å². The number of carbonyl (C=O) groups is 1. The first kappa shape index (κ1) is 40.3. The van der Waals surface area contributed by atoms with Gasteiger partial charge in [0.2, 0.25) is 17.2 Å². The standard InChI is InChI=1S/C43H51N3O12/c1-24-15-32(49)30-16-27-17-34(58-55-23-43(54,39(52)36(51)33(50)22-47)18-25-5-7-29(48)8-6-25)41(2,13-9-28-19-45-40(53)42(28)11-3-4-12-42)57-37(27)35(38(30)56-24)46-20-26-10-14-44-31(26)21-46/h5-8,10,14-16,20,28,33-34,36,39,47-48,50-52,54H,3-4,9,11-13,17-19,21-23H2,1-2H3,(H,45,53)/p+1. The molecule has 1 amide bonds.